The molecule has 0 unspecified atom stereocenters. The third-order valence-corrected chi connectivity index (χ3v) is 5.63. The maximum atomic E-state index is 13.0. The highest BCUT2D eigenvalue weighted by molar-refractivity contribution is 6.39. The SMILES string of the molecule is CON=C(C(=O)N[C@@H](Cc1ccc(-c2ccccc2OC)cc1)C(=O)OC)C1CCOCC1. The molecule has 0 radical (unpaired) electrons. The van der Waals surface area contributed by atoms with Gasteiger partial charge in [-0.05, 0) is 30.0 Å². The minimum absolute atomic E-state index is 0.0860. The summed E-state index contributed by atoms with van der Waals surface area (Å²) in [6.07, 6.45) is 1.62. The smallest absolute Gasteiger partial charge is 0.328 e. The summed E-state index contributed by atoms with van der Waals surface area (Å²) in [6.45, 7) is 1.11. The lowest BCUT2D eigenvalue weighted by molar-refractivity contribution is -0.144. The van der Waals surface area contributed by atoms with E-state index in [2.05, 4.69) is 10.5 Å². The Balaban J connectivity index is 1.74. The minimum atomic E-state index is -0.860. The molecule has 1 heterocycles. The van der Waals surface area contributed by atoms with Crippen molar-refractivity contribution in [3.63, 3.8) is 0 Å². The van der Waals surface area contributed by atoms with Gasteiger partial charge in [-0.2, -0.15) is 0 Å². The third kappa shape index (κ3) is 6.32. The summed E-state index contributed by atoms with van der Waals surface area (Å²) in [7, 11) is 4.33. The molecule has 8 heteroatoms. The van der Waals surface area contributed by atoms with Crippen molar-refractivity contribution in [3.8, 4) is 16.9 Å². The number of benzene rings is 2. The number of nitrogens with one attached hydrogen (secondary N) is 1. The summed E-state index contributed by atoms with van der Waals surface area (Å²) in [5.41, 5.74) is 3.10. The number of ether oxygens (including phenoxy) is 3. The molecule has 1 fully saturated rings. The number of methoxy groups -OCH3 is 2. The molecule has 2 aromatic carbocycles. The van der Waals surface area contributed by atoms with Gasteiger partial charge < -0.3 is 24.4 Å². The summed E-state index contributed by atoms with van der Waals surface area (Å²) in [5, 5.41) is 6.72. The highest BCUT2D eigenvalue weighted by Gasteiger charge is 2.30. The van der Waals surface area contributed by atoms with Gasteiger partial charge in [-0.3, -0.25) is 4.79 Å². The Labute approximate surface area is 193 Å². The first kappa shape index (κ1) is 24.3. The average Bonchev–Trinajstić information content (AvgIpc) is 2.87. The molecule has 0 bridgehead atoms. The van der Waals surface area contributed by atoms with Gasteiger partial charge in [0, 0.05) is 31.1 Å². The van der Waals surface area contributed by atoms with E-state index in [9.17, 15) is 9.59 Å². The number of hydrogen-bond donors (Lipinski definition) is 1. The lowest BCUT2D eigenvalue weighted by Gasteiger charge is -2.24. The topological polar surface area (TPSA) is 95.5 Å². The zero-order valence-electron chi connectivity index (χ0n) is 19.2. The monoisotopic (exact) mass is 454 g/mol. The second-order valence-corrected chi connectivity index (χ2v) is 7.70. The molecule has 1 aliphatic rings. The first-order valence-electron chi connectivity index (χ1n) is 10.9. The third-order valence-electron chi connectivity index (χ3n) is 5.63. The Hall–Kier alpha value is -3.39. The van der Waals surface area contributed by atoms with Crippen LogP contribution in [0.2, 0.25) is 0 Å². The van der Waals surface area contributed by atoms with Crippen LogP contribution in [0.4, 0.5) is 0 Å². The molecule has 0 aliphatic carbocycles. The standard InChI is InChI=1S/C25H30N2O6/c1-30-22-7-5-4-6-20(22)18-10-8-17(9-11-18)16-21(25(29)31-2)26-24(28)23(27-32-3)19-12-14-33-15-13-19/h4-11,19,21H,12-16H2,1-3H3,(H,26,28)/t21-/m0/s1. The van der Waals surface area contributed by atoms with Crippen LogP contribution in [0.1, 0.15) is 18.4 Å². The van der Waals surface area contributed by atoms with Gasteiger partial charge in [0.2, 0.25) is 0 Å². The number of oxime groups is 1. The molecule has 0 aromatic heterocycles. The fourth-order valence-electron chi connectivity index (χ4n) is 3.88. The summed E-state index contributed by atoms with van der Waals surface area (Å²) < 4.78 is 15.7. The summed E-state index contributed by atoms with van der Waals surface area (Å²) in [4.78, 5) is 30.3. The van der Waals surface area contributed by atoms with Crippen LogP contribution in [0.25, 0.3) is 11.1 Å². The average molecular weight is 455 g/mol. The van der Waals surface area contributed by atoms with Gasteiger partial charge >= 0.3 is 5.97 Å². The second-order valence-electron chi connectivity index (χ2n) is 7.70. The number of nitrogens with zero attached hydrogens (tertiary/aromatic N) is 1. The van der Waals surface area contributed by atoms with E-state index in [-0.39, 0.29) is 18.1 Å². The number of para-hydroxylation sites is 1. The maximum Gasteiger partial charge on any atom is 0.328 e. The molecular formula is C25H30N2O6. The molecule has 1 aliphatic heterocycles. The van der Waals surface area contributed by atoms with Gasteiger partial charge in [-0.15, -0.1) is 0 Å². The fraction of sp³-hybridized carbons (Fsp3) is 0.400. The van der Waals surface area contributed by atoms with E-state index in [1.165, 1.54) is 14.2 Å². The maximum absolute atomic E-state index is 13.0. The van der Waals surface area contributed by atoms with E-state index in [1.54, 1.807) is 7.11 Å². The molecule has 33 heavy (non-hydrogen) atoms. The molecule has 8 nitrogen and oxygen atoms in total. The van der Waals surface area contributed by atoms with Gasteiger partial charge in [0.1, 0.15) is 24.6 Å². The van der Waals surface area contributed by atoms with Crippen molar-refractivity contribution in [1.82, 2.24) is 5.32 Å². The molecule has 2 aromatic rings. The van der Waals surface area contributed by atoms with E-state index in [1.807, 2.05) is 48.5 Å². The van der Waals surface area contributed by atoms with Crippen molar-refractivity contribution < 1.29 is 28.6 Å². The number of rotatable bonds is 9. The minimum Gasteiger partial charge on any atom is -0.496 e. The fourth-order valence-corrected chi connectivity index (χ4v) is 3.88. The Morgan fingerprint density at radius 3 is 2.39 bits per heavy atom. The lowest BCUT2D eigenvalue weighted by Crippen LogP contribution is -2.47. The van der Waals surface area contributed by atoms with E-state index < -0.39 is 17.9 Å². The number of carbonyl (C=O) groups is 2. The Morgan fingerprint density at radius 1 is 1.06 bits per heavy atom. The first-order chi connectivity index (χ1) is 16.1. The van der Waals surface area contributed by atoms with Crippen LogP contribution in [0.3, 0.4) is 0 Å². The summed E-state index contributed by atoms with van der Waals surface area (Å²) in [5.74, 6) is -0.272. The van der Waals surface area contributed by atoms with Crippen LogP contribution < -0.4 is 10.1 Å². The molecule has 3 rings (SSSR count). The predicted molar refractivity (Wildman–Crippen MR) is 124 cm³/mol. The van der Waals surface area contributed by atoms with Crippen LogP contribution >= 0.6 is 0 Å². The molecule has 1 atom stereocenters. The Kier molecular flexibility index (Phi) is 8.83. The molecular weight excluding hydrogens is 424 g/mol. The normalized spacial score (nSPS) is 15.4. The van der Waals surface area contributed by atoms with Gasteiger partial charge in [0.05, 0.1) is 14.2 Å². The van der Waals surface area contributed by atoms with Crippen molar-refractivity contribution in [1.29, 1.82) is 0 Å². The summed E-state index contributed by atoms with van der Waals surface area (Å²) >= 11 is 0. The van der Waals surface area contributed by atoms with E-state index in [0.29, 0.717) is 26.1 Å². The van der Waals surface area contributed by atoms with Crippen LogP contribution in [0.5, 0.6) is 5.75 Å². The van der Waals surface area contributed by atoms with Crippen molar-refractivity contribution in [3.05, 3.63) is 54.1 Å². The first-order valence-corrected chi connectivity index (χ1v) is 10.9. The van der Waals surface area contributed by atoms with Crippen molar-refractivity contribution in [2.45, 2.75) is 25.3 Å². The van der Waals surface area contributed by atoms with Gasteiger partial charge in [0.25, 0.3) is 5.91 Å². The number of esters is 1. The van der Waals surface area contributed by atoms with Crippen molar-refractivity contribution in [2.24, 2.45) is 11.1 Å². The Bertz CT molecular complexity index is 967. The van der Waals surface area contributed by atoms with E-state index in [4.69, 9.17) is 19.0 Å². The second kappa shape index (κ2) is 12.0. The number of carbonyl (C=O) groups excluding carboxylic acids is 2. The van der Waals surface area contributed by atoms with Gasteiger partial charge in [-0.25, -0.2) is 4.79 Å². The highest BCUT2D eigenvalue weighted by Crippen LogP contribution is 2.29. The zero-order valence-corrected chi connectivity index (χ0v) is 19.2. The molecule has 176 valence electrons. The van der Waals surface area contributed by atoms with E-state index in [0.717, 1.165) is 22.4 Å². The number of hydrogen-bond acceptors (Lipinski definition) is 7. The van der Waals surface area contributed by atoms with Crippen molar-refractivity contribution in [2.75, 3.05) is 34.5 Å². The van der Waals surface area contributed by atoms with Crippen LogP contribution in [-0.4, -0.2) is 58.2 Å². The van der Waals surface area contributed by atoms with Crippen molar-refractivity contribution >= 4 is 17.6 Å². The van der Waals surface area contributed by atoms with Crippen LogP contribution in [0.15, 0.2) is 53.7 Å². The predicted octanol–water partition coefficient (Wildman–Crippen LogP) is 2.99. The molecule has 0 saturated carbocycles. The van der Waals surface area contributed by atoms with Gasteiger partial charge in [-0.1, -0.05) is 47.6 Å². The summed E-state index contributed by atoms with van der Waals surface area (Å²) in [6, 6.07) is 14.7. The zero-order chi connectivity index (χ0) is 23.6. The van der Waals surface area contributed by atoms with Crippen LogP contribution in [-0.2, 0) is 30.3 Å². The molecule has 1 saturated heterocycles. The Morgan fingerprint density at radius 2 is 1.76 bits per heavy atom. The van der Waals surface area contributed by atoms with Gasteiger partial charge in [0.15, 0.2) is 0 Å². The van der Waals surface area contributed by atoms with E-state index >= 15 is 0 Å². The molecule has 1 amide bonds. The largest absolute Gasteiger partial charge is 0.496 e. The van der Waals surface area contributed by atoms with Crippen LogP contribution in [0, 0.1) is 5.92 Å². The molecule has 0 spiro atoms. The highest BCUT2D eigenvalue weighted by atomic mass is 16.6. The lowest BCUT2D eigenvalue weighted by atomic mass is 9.93. The number of amides is 1. The quantitative estimate of drug-likeness (QED) is 0.356. The molecule has 1 N–H and O–H groups in total.